The van der Waals surface area contributed by atoms with Crippen molar-refractivity contribution >= 4 is 11.3 Å². The van der Waals surface area contributed by atoms with Crippen LogP contribution in [0.5, 0.6) is 0 Å². The maximum Gasteiger partial charge on any atom is 0.0333 e. The second kappa shape index (κ2) is 7.27. The van der Waals surface area contributed by atoms with E-state index in [1.807, 2.05) is 11.3 Å². The Labute approximate surface area is 115 Å². The van der Waals surface area contributed by atoms with E-state index in [1.165, 1.54) is 30.6 Å². The molecule has 0 bridgehead atoms. The third-order valence-electron chi connectivity index (χ3n) is 3.67. The van der Waals surface area contributed by atoms with Gasteiger partial charge in [0.1, 0.15) is 0 Å². The molecular weight excluding hydrogens is 240 g/mol. The highest BCUT2D eigenvalue weighted by molar-refractivity contribution is 7.09. The number of hydrogen-bond acceptors (Lipinski definition) is 3. The summed E-state index contributed by atoms with van der Waals surface area (Å²) in [5.41, 5.74) is 0. The molecule has 1 aliphatic rings. The van der Waals surface area contributed by atoms with Gasteiger partial charge in [0.05, 0.1) is 0 Å². The summed E-state index contributed by atoms with van der Waals surface area (Å²) in [6, 6.07) is 5.98. The molecule has 1 fully saturated rings. The van der Waals surface area contributed by atoms with Gasteiger partial charge in [-0.1, -0.05) is 13.0 Å². The summed E-state index contributed by atoms with van der Waals surface area (Å²) in [6.07, 6.45) is 5.30. The minimum absolute atomic E-state index is 0.698. The Hall–Kier alpha value is -0.380. The topological polar surface area (TPSA) is 15.3 Å². The Morgan fingerprint density at radius 1 is 1.44 bits per heavy atom. The predicted molar refractivity (Wildman–Crippen MR) is 80.1 cm³/mol. The molecule has 102 valence electrons. The third kappa shape index (κ3) is 4.38. The summed E-state index contributed by atoms with van der Waals surface area (Å²) < 4.78 is 0. The van der Waals surface area contributed by atoms with Crippen LogP contribution in [-0.4, -0.2) is 30.1 Å². The van der Waals surface area contributed by atoms with Crippen LogP contribution in [0, 0.1) is 0 Å². The minimum Gasteiger partial charge on any atom is -0.317 e. The summed E-state index contributed by atoms with van der Waals surface area (Å²) in [5.74, 6) is 0. The molecule has 0 radical (unpaired) electrons. The molecule has 1 heterocycles. The van der Waals surface area contributed by atoms with E-state index in [-0.39, 0.29) is 0 Å². The van der Waals surface area contributed by atoms with E-state index in [0.717, 1.165) is 25.7 Å². The van der Waals surface area contributed by atoms with Crippen molar-refractivity contribution in [2.75, 3.05) is 13.1 Å². The average Bonchev–Trinajstić information content (AvgIpc) is 3.08. The van der Waals surface area contributed by atoms with Gasteiger partial charge in [0, 0.05) is 23.5 Å². The minimum atomic E-state index is 0.698. The Kier molecular flexibility index (Phi) is 5.67. The van der Waals surface area contributed by atoms with Gasteiger partial charge in [0.15, 0.2) is 0 Å². The van der Waals surface area contributed by atoms with Crippen LogP contribution >= 0.6 is 11.3 Å². The number of thiophene rings is 1. The van der Waals surface area contributed by atoms with Crippen molar-refractivity contribution in [2.24, 2.45) is 0 Å². The highest BCUT2D eigenvalue weighted by atomic mass is 32.1. The van der Waals surface area contributed by atoms with Gasteiger partial charge in [-0.15, -0.1) is 11.3 Å². The Morgan fingerprint density at radius 3 is 2.89 bits per heavy atom. The summed E-state index contributed by atoms with van der Waals surface area (Å²) in [7, 11) is 0. The first-order valence-corrected chi connectivity index (χ1v) is 8.18. The molecule has 1 atom stereocenters. The Morgan fingerprint density at radius 2 is 2.28 bits per heavy atom. The highest BCUT2D eigenvalue weighted by Gasteiger charge is 2.31. The highest BCUT2D eigenvalue weighted by Crippen LogP contribution is 2.31. The fraction of sp³-hybridized carbons (Fsp3) is 0.733. The number of nitrogens with zero attached hydrogens (tertiary/aromatic N) is 1. The summed E-state index contributed by atoms with van der Waals surface area (Å²) in [6.45, 7) is 8.07. The van der Waals surface area contributed by atoms with Crippen LogP contribution in [0.1, 0.15) is 44.4 Å². The van der Waals surface area contributed by atoms with Crippen LogP contribution in [0.3, 0.4) is 0 Å². The maximum absolute atomic E-state index is 3.51. The van der Waals surface area contributed by atoms with Crippen molar-refractivity contribution < 1.29 is 0 Å². The third-order valence-corrected chi connectivity index (χ3v) is 4.53. The van der Waals surface area contributed by atoms with Gasteiger partial charge in [-0.25, -0.2) is 0 Å². The zero-order valence-electron chi connectivity index (χ0n) is 11.7. The van der Waals surface area contributed by atoms with E-state index < -0.39 is 0 Å². The monoisotopic (exact) mass is 266 g/mol. The number of nitrogens with one attached hydrogen (secondary N) is 1. The molecule has 0 saturated heterocycles. The van der Waals surface area contributed by atoms with Crippen LogP contribution in [0.2, 0.25) is 0 Å². The zero-order chi connectivity index (χ0) is 12.8. The molecule has 1 aliphatic carbocycles. The van der Waals surface area contributed by atoms with E-state index in [9.17, 15) is 0 Å². The molecule has 3 heteroatoms. The summed E-state index contributed by atoms with van der Waals surface area (Å²) in [4.78, 5) is 4.22. The quantitative estimate of drug-likeness (QED) is 0.688. The standard InChI is InChI=1S/C15H26N2S/c1-3-9-16-10-8-13(2)17(14-6-7-14)12-15-5-4-11-18-15/h4-5,11,13-14,16H,3,6-10,12H2,1-2H3. The van der Waals surface area contributed by atoms with Crippen LogP contribution in [0.4, 0.5) is 0 Å². The average molecular weight is 266 g/mol. The van der Waals surface area contributed by atoms with Crippen LogP contribution in [0.25, 0.3) is 0 Å². The smallest absolute Gasteiger partial charge is 0.0333 e. The molecule has 0 spiro atoms. The van der Waals surface area contributed by atoms with Crippen LogP contribution < -0.4 is 5.32 Å². The molecule has 1 N–H and O–H groups in total. The summed E-state index contributed by atoms with van der Waals surface area (Å²) >= 11 is 1.89. The SMILES string of the molecule is CCCNCCC(C)N(Cc1cccs1)C1CC1. The van der Waals surface area contributed by atoms with Crippen molar-refractivity contribution in [3.63, 3.8) is 0 Å². The van der Waals surface area contributed by atoms with Crippen molar-refractivity contribution in [1.82, 2.24) is 10.2 Å². The Bertz CT molecular complexity index is 319. The molecule has 0 aromatic carbocycles. The van der Waals surface area contributed by atoms with Crippen molar-refractivity contribution in [3.05, 3.63) is 22.4 Å². The fourth-order valence-corrected chi connectivity index (χ4v) is 3.12. The molecule has 1 unspecified atom stereocenters. The molecular formula is C15H26N2S. The van der Waals surface area contributed by atoms with Gasteiger partial charge < -0.3 is 5.32 Å². The largest absolute Gasteiger partial charge is 0.317 e. The van der Waals surface area contributed by atoms with E-state index >= 15 is 0 Å². The molecule has 2 rings (SSSR count). The second-order valence-corrected chi connectivity index (χ2v) is 6.40. The Balaban J connectivity index is 1.77. The van der Waals surface area contributed by atoms with Crippen molar-refractivity contribution in [2.45, 2.75) is 58.2 Å². The van der Waals surface area contributed by atoms with E-state index in [2.05, 4.69) is 41.6 Å². The maximum atomic E-state index is 3.51. The lowest BCUT2D eigenvalue weighted by atomic mass is 10.2. The zero-order valence-corrected chi connectivity index (χ0v) is 12.5. The van der Waals surface area contributed by atoms with E-state index in [4.69, 9.17) is 0 Å². The number of rotatable bonds is 9. The van der Waals surface area contributed by atoms with Crippen molar-refractivity contribution in [3.8, 4) is 0 Å². The van der Waals surface area contributed by atoms with Gasteiger partial charge >= 0.3 is 0 Å². The van der Waals surface area contributed by atoms with Gasteiger partial charge in [0.25, 0.3) is 0 Å². The molecule has 18 heavy (non-hydrogen) atoms. The predicted octanol–water partition coefficient (Wildman–Crippen LogP) is 3.49. The van der Waals surface area contributed by atoms with Crippen LogP contribution in [-0.2, 0) is 6.54 Å². The first-order chi connectivity index (χ1) is 8.81. The van der Waals surface area contributed by atoms with Gasteiger partial charge in [-0.05, 0) is 57.1 Å². The lowest BCUT2D eigenvalue weighted by molar-refractivity contribution is 0.181. The lowest BCUT2D eigenvalue weighted by Crippen LogP contribution is -2.36. The van der Waals surface area contributed by atoms with Crippen LogP contribution in [0.15, 0.2) is 17.5 Å². The van der Waals surface area contributed by atoms with Gasteiger partial charge in [-0.3, -0.25) is 4.90 Å². The second-order valence-electron chi connectivity index (χ2n) is 5.37. The van der Waals surface area contributed by atoms with Crippen molar-refractivity contribution in [1.29, 1.82) is 0 Å². The fourth-order valence-electron chi connectivity index (χ4n) is 2.41. The summed E-state index contributed by atoms with van der Waals surface area (Å²) in [5, 5.41) is 5.70. The molecule has 1 aromatic rings. The molecule has 1 aromatic heterocycles. The van der Waals surface area contributed by atoms with E-state index in [1.54, 1.807) is 0 Å². The lowest BCUT2D eigenvalue weighted by Gasteiger charge is -2.29. The van der Waals surface area contributed by atoms with E-state index in [0.29, 0.717) is 6.04 Å². The number of hydrogen-bond donors (Lipinski definition) is 1. The van der Waals surface area contributed by atoms with Gasteiger partial charge in [0.2, 0.25) is 0 Å². The molecule has 2 nitrogen and oxygen atoms in total. The first-order valence-electron chi connectivity index (χ1n) is 7.30. The van der Waals surface area contributed by atoms with Gasteiger partial charge in [-0.2, -0.15) is 0 Å². The molecule has 0 aliphatic heterocycles. The normalized spacial score (nSPS) is 17.3. The molecule has 1 saturated carbocycles. The molecule has 0 amide bonds. The first kappa shape index (κ1) is 14.0.